The Balaban J connectivity index is 1.51. The molecule has 0 spiro atoms. The first-order chi connectivity index (χ1) is 14.5. The average molecular weight is 410 g/mol. The molecule has 1 heterocycles. The summed E-state index contributed by atoms with van der Waals surface area (Å²) in [4.78, 5) is 20.0. The van der Waals surface area contributed by atoms with Gasteiger partial charge in [0.25, 0.3) is 0 Å². The van der Waals surface area contributed by atoms with Crippen molar-refractivity contribution in [3.8, 4) is 5.75 Å². The van der Waals surface area contributed by atoms with Gasteiger partial charge in [0.05, 0.1) is 25.2 Å². The van der Waals surface area contributed by atoms with E-state index in [-0.39, 0.29) is 17.5 Å². The van der Waals surface area contributed by atoms with Gasteiger partial charge < -0.3 is 21.1 Å². The number of aromatic nitrogens is 2. The lowest BCUT2D eigenvalue weighted by molar-refractivity contribution is 0.262. The van der Waals surface area contributed by atoms with Crippen LogP contribution in [0, 0.1) is 5.82 Å². The molecule has 3 aromatic rings. The Morgan fingerprint density at radius 1 is 1.07 bits per heavy atom. The summed E-state index contributed by atoms with van der Waals surface area (Å²) in [5.74, 6) is 0.856. The van der Waals surface area contributed by atoms with E-state index >= 15 is 0 Å². The van der Waals surface area contributed by atoms with Crippen LogP contribution in [0.5, 0.6) is 5.75 Å². The minimum absolute atomic E-state index is 0.241. The third-order valence-corrected chi connectivity index (χ3v) is 4.26. The van der Waals surface area contributed by atoms with Crippen molar-refractivity contribution in [2.75, 3.05) is 30.0 Å². The number of methoxy groups -OCH3 is 1. The van der Waals surface area contributed by atoms with Crippen LogP contribution in [-0.2, 0) is 13.0 Å². The van der Waals surface area contributed by atoms with E-state index in [4.69, 9.17) is 10.5 Å². The molecular weight excluding hydrogens is 387 g/mol. The largest absolute Gasteiger partial charge is 0.495 e. The number of amides is 2. The Morgan fingerprint density at radius 3 is 2.53 bits per heavy atom. The zero-order valence-electron chi connectivity index (χ0n) is 16.5. The second-order valence-electron chi connectivity index (χ2n) is 6.49. The quantitative estimate of drug-likeness (QED) is 0.424. The minimum atomic E-state index is -0.471. The maximum atomic E-state index is 12.9. The summed E-state index contributed by atoms with van der Waals surface area (Å²) in [6.45, 7) is 1.40. The van der Waals surface area contributed by atoms with Crippen molar-refractivity contribution in [2.45, 2.75) is 13.0 Å². The van der Waals surface area contributed by atoms with Gasteiger partial charge in [-0.1, -0.05) is 18.2 Å². The van der Waals surface area contributed by atoms with Crippen molar-refractivity contribution in [3.63, 3.8) is 0 Å². The SMILES string of the molecule is COc1cc(CCNCc2ccc(F)cc2)ccc1NC(=O)Nc1cnc(N)cn1. The number of nitrogens with one attached hydrogen (secondary N) is 3. The molecule has 9 heteroatoms. The van der Waals surface area contributed by atoms with Crippen LogP contribution in [0.4, 0.5) is 26.5 Å². The third kappa shape index (κ3) is 6.14. The summed E-state index contributed by atoms with van der Waals surface area (Å²) in [5.41, 5.74) is 8.07. The maximum absolute atomic E-state index is 12.9. The van der Waals surface area contributed by atoms with Gasteiger partial charge >= 0.3 is 6.03 Å². The third-order valence-electron chi connectivity index (χ3n) is 4.26. The van der Waals surface area contributed by atoms with Crippen molar-refractivity contribution in [1.82, 2.24) is 15.3 Å². The number of carbonyl (C=O) groups is 1. The molecule has 0 bridgehead atoms. The number of halogens is 1. The summed E-state index contributed by atoms with van der Waals surface area (Å²) in [5, 5.41) is 8.62. The number of ether oxygens (including phenoxy) is 1. The molecule has 0 radical (unpaired) electrons. The number of nitrogen functional groups attached to an aromatic ring is 1. The predicted octanol–water partition coefficient (Wildman–Crippen LogP) is 3.18. The van der Waals surface area contributed by atoms with Crippen LogP contribution in [0.15, 0.2) is 54.9 Å². The Labute approximate surface area is 173 Å². The van der Waals surface area contributed by atoms with Crippen molar-refractivity contribution >= 4 is 23.4 Å². The maximum Gasteiger partial charge on any atom is 0.324 e. The van der Waals surface area contributed by atoms with Crippen LogP contribution in [-0.4, -0.2) is 29.7 Å². The zero-order chi connectivity index (χ0) is 21.3. The standard InChI is InChI=1S/C21H23FN6O2/c1-30-18-10-14(8-9-24-11-15-2-5-16(22)6-3-15)4-7-17(18)27-21(29)28-20-13-25-19(23)12-26-20/h2-7,10,12-13,24H,8-9,11H2,1H3,(H2,23,25)(H2,26,27,28,29). The van der Waals surface area contributed by atoms with Gasteiger partial charge in [-0.15, -0.1) is 0 Å². The number of hydrogen-bond donors (Lipinski definition) is 4. The lowest BCUT2D eigenvalue weighted by Crippen LogP contribution is -2.21. The predicted molar refractivity (Wildman–Crippen MR) is 114 cm³/mol. The number of urea groups is 1. The number of rotatable bonds is 8. The van der Waals surface area contributed by atoms with Gasteiger partial charge in [0.1, 0.15) is 17.4 Å². The lowest BCUT2D eigenvalue weighted by Gasteiger charge is -2.13. The number of anilines is 3. The van der Waals surface area contributed by atoms with Crippen LogP contribution in [0.3, 0.4) is 0 Å². The highest BCUT2D eigenvalue weighted by Crippen LogP contribution is 2.26. The molecule has 0 aliphatic heterocycles. The first kappa shape index (κ1) is 21.0. The highest BCUT2D eigenvalue weighted by molar-refractivity contribution is 6.00. The first-order valence-corrected chi connectivity index (χ1v) is 9.31. The van der Waals surface area contributed by atoms with E-state index in [1.165, 1.54) is 24.5 Å². The number of hydrogen-bond acceptors (Lipinski definition) is 6. The zero-order valence-corrected chi connectivity index (χ0v) is 16.5. The molecular formula is C21H23FN6O2. The number of nitrogens with zero attached hydrogens (tertiary/aromatic N) is 2. The second-order valence-corrected chi connectivity index (χ2v) is 6.49. The lowest BCUT2D eigenvalue weighted by atomic mass is 10.1. The van der Waals surface area contributed by atoms with Gasteiger partial charge in [-0.2, -0.15) is 0 Å². The summed E-state index contributed by atoms with van der Waals surface area (Å²) in [7, 11) is 1.54. The Hall–Kier alpha value is -3.72. The van der Waals surface area contributed by atoms with Crippen molar-refractivity contribution in [2.24, 2.45) is 0 Å². The highest BCUT2D eigenvalue weighted by Gasteiger charge is 2.09. The molecule has 0 unspecified atom stereocenters. The van der Waals surface area contributed by atoms with Crippen molar-refractivity contribution in [1.29, 1.82) is 0 Å². The molecule has 0 fully saturated rings. The van der Waals surface area contributed by atoms with Crippen LogP contribution >= 0.6 is 0 Å². The van der Waals surface area contributed by atoms with Crippen LogP contribution in [0.25, 0.3) is 0 Å². The molecule has 0 saturated heterocycles. The van der Waals surface area contributed by atoms with E-state index in [9.17, 15) is 9.18 Å². The molecule has 30 heavy (non-hydrogen) atoms. The van der Waals surface area contributed by atoms with Gasteiger partial charge in [0, 0.05) is 6.54 Å². The first-order valence-electron chi connectivity index (χ1n) is 9.31. The molecule has 5 N–H and O–H groups in total. The van der Waals surface area contributed by atoms with Crippen LogP contribution < -0.4 is 26.4 Å². The molecule has 3 rings (SSSR count). The summed E-state index contributed by atoms with van der Waals surface area (Å²) < 4.78 is 18.3. The van der Waals surface area contributed by atoms with Gasteiger partial charge in [0.15, 0.2) is 5.82 Å². The topological polar surface area (TPSA) is 114 Å². The van der Waals surface area contributed by atoms with Gasteiger partial charge in [-0.05, 0) is 48.4 Å². The van der Waals surface area contributed by atoms with Gasteiger partial charge in [-0.25, -0.2) is 19.2 Å². The van der Waals surface area contributed by atoms with E-state index in [1.54, 1.807) is 25.3 Å². The molecule has 0 atom stereocenters. The Bertz CT molecular complexity index is 980. The fraction of sp³-hybridized carbons (Fsp3) is 0.190. The van der Waals surface area contributed by atoms with E-state index in [0.717, 1.165) is 24.1 Å². The molecule has 8 nitrogen and oxygen atoms in total. The smallest absolute Gasteiger partial charge is 0.324 e. The van der Waals surface area contributed by atoms with Crippen LogP contribution in [0.1, 0.15) is 11.1 Å². The summed E-state index contributed by atoms with van der Waals surface area (Å²) in [6.07, 6.45) is 3.49. The van der Waals surface area contributed by atoms with Gasteiger partial charge in [0.2, 0.25) is 0 Å². The Morgan fingerprint density at radius 2 is 1.83 bits per heavy atom. The number of carbonyl (C=O) groups excluding carboxylic acids is 1. The molecule has 0 aliphatic rings. The minimum Gasteiger partial charge on any atom is -0.495 e. The fourth-order valence-corrected chi connectivity index (χ4v) is 2.73. The van der Waals surface area contributed by atoms with Crippen LogP contribution in [0.2, 0.25) is 0 Å². The monoisotopic (exact) mass is 410 g/mol. The molecule has 156 valence electrons. The van der Waals surface area contributed by atoms with Gasteiger partial charge in [-0.3, -0.25) is 5.32 Å². The van der Waals surface area contributed by atoms with E-state index in [0.29, 0.717) is 18.0 Å². The molecule has 2 aromatic carbocycles. The van der Waals surface area contributed by atoms with E-state index in [2.05, 4.69) is 25.9 Å². The normalized spacial score (nSPS) is 10.5. The summed E-state index contributed by atoms with van der Waals surface area (Å²) in [6, 6.07) is 11.5. The molecule has 0 aliphatic carbocycles. The van der Waals surface area contributed by atoms with Crippen molar-refractivity contribution < 1.29 is 13.9 Å². The summed E-state index contributed by atoms with van der Waals surface area (Å²) >= 11 is 0. The van der Waals surface area contributed by atoms with E-state index < -0.39 is 6.03 Å². The van der Waals surface area contributed by atoms with E-state index in [1.807, 2.05) is 12.1 Å². The molecule has 2 amide bonds. The molecule has 1 aromatic heterocycles. The Kier molecular flexibility index (Phi) is 7.12. The number of benzene rings is 2. The highest BCUT2D eigenvalue weighted by atomic mass is 19.1. The molecule has 0 saturated carbocycles. The number of nitrogens with two attached hydrogens (primary N) is 1. The average Bonchev–Trinajstić information content (AvgIpc) is 2.75. The fourth-order valence-electron chi connectivity index (χ4n) is 2.73. The van der Waals surface area contributed by atoms with Crippen molar-refractivity contribution in [3.05, 3.63) is 71.8 Å². The second kappa shape index (κ2) is 10.2.